The second-order valence-electron chi connectivity index (χ2n) is 4.77. The lowest BCUT2D eigenvalue weighted by molar-refractivity contribution is -0.0897. The van der Waals surface area contributed by atoms with Crippen LogP contribution in [0, 0.1) is 12.7 Å². The van der Waals surface area contributed by atoms with E-state index in [1.807, 2.05) is 6.92 Å². The van der Waals surface area contributed by atoms with Crippen molar-refractivity contribution < 1.29 is 14.2 Å². The van der Waals surface area contributed by atoms with Gasteiger partial charge in [0.25, 0.3) is 0 Å². The van der Waals surface area contributed by atoms with Crippen LogP contribution in [0.5, 0.6) is 0 Å². The van der Waals surface area contributed by atoms with Gasteiger partial charge in [-0.3, -0.25) is 4.90 Å². The van der Waals surface area contributed by atoms with Crippen molar-refractivity contribution in [2.24, 2.45) is 0 Å². The van der Waals surface area contributed by atoms with E-state index in [1.165, 1.54) is 6.07 Å². The van der Waals surface area contributed by atoms with Crippen LogP contribution in [0.4, 0.5) is 4.39 Å². The number of morpholine rings is 1. The average molecular weight is 253 g/mol. The van der Waals surface area contributed by atoms with Crippen LogP contribution in [0.3, 0.4) is 0 Å². The molecule has 0 amide bonds. The van der Waals surface area contributed by atoms with E-state index >= 15 is 0 Å². The molecule has 0 aliphatic carbocycles. The third-order valence-electron chi connectivity index (χ3n) is 3.45. The summed E-state index contributed by atoms with van der Waals surface area (Å²) in [7, 11) is 0. The Morgan fingerprint density at radius 2 is 2.33 bits per heavy atom. The second kappa shape index (κ2) is 5.78. The highest BCUT2D eigenvalue weighted by Crippen LogP contribution is 2.25. The van der Waals surface area contributed by atoms with E-state index in [0.717, 1.165) is 18.7 Å². The van der Waals surface area contributed by atoms with E-state index in [2.05, 4.69) is 11.8 Å². The van der Waals surface area contributed by atoms with Gasteiger partial charge >= 0.3 is 0 Å². The summed E-state index contributed by atoms with van der Waals surface area (Å²) in [6.07, 6.45) is -1.26. The summed E-state index contributed by atoms with van der Waals surface area (Å²) in [4.78, 5) is 2.20. The summed E-state index contributed by atoms with van der Waals surface area (Å²) in [6.45, 7) is 6.98. The molecule has 1 saturated heterocycles. The largest absolute Gasteiger partial charge is 0.386 e. The van der Waals surface area contributed by atoms with Crippen molar-refractivity contribution in [3.63, 3.8) is 0 Å². The van der Waals surface area contributed by atoms with Crippen LogP contribution < -0.4 is 0 Å². The number of aliphatic hydroxyl groups is 1. The maximum absolute atomic E-state index is 13.7. The first kappa shape index (κ1) is 13.5. The number of aryl methyl sites for hydroxylation is 1. The SMILES string of the molecule is CCN1CCOC(C(O)c2cc(C)ccc2F)C1. The van der Waals surface area contributed by atoms with Crippen molar-refractivity contribution in [1.82, 2.24) is 4.90 Å². The highest BCUT2D eigenvalue weighted by Gasteiger charge is 2.28. The first-order chi connectivity index (χ1) is 8.61. The molecule has 18 heavy (non-hydrogen) atoms. The number of benzene rings is 1. The number of hydrogen-bond acceptors (Lipinski definition) is 3. The Morgan fingerprint density at radius 3 is 3.06 bits per heavy atom. The van der Waals surface area contributed by atoms with E-state index in [0.29, 0.717) is 18.7 Å². The number of aliphatic hydroxyl groups excluding tert-OH is 1. The fourth-order valence-corrected chi connectivity index (χ4v) is 2.30. The molecule has 1 fully saturated rings. The van der Waals surface area contributed by atoms with Crippen LogP contribution in [0.25, 0.3) is 0 Å². The van der Waals surface area contributed by atoms with Crippen molar-refractivity contribution in [2.45, 2.75) is 26.1 Å². The van der Waals surface area contributed by atoms with Gasteiger partial charge in [-0.05, 0) is 19.5 Å². The summed E-state index contributed by atoms with van der Waals surface area (Å²) >= 11 is 0. The number of rotatable bonds is 3. The second-order valence-corrected chi connectivity index (χ2v) is 4.77. The van der Waals surface area contributed by atoms with Crippen molar-refractivity contribution in [3.8, 4) is 0 Å². The number of ether oxygens (including phenoxy) is 1. The molecular formula is C14H20FNO2. The minimum atomic E-state index is -0.903. The van der Waals surface area contributed by atoms with Gasteiger partial charge < -0.3 is 9.84 Å². The van der Waals surface area contributed by atoms with Crippen LogP contribution in [-0.2, 0) is 4.74 Å². The highest BCUT2D eigenvalue weighted by molar-refractivity contribution is 5.26. The molecule has 2 rings (SSSR count). The molecule has 1 aliphatic heterocycles. The van der Waals surface area contributed by atoms with Gasteiger partial charge in [0.05, 0.1) is 6.61 Å². The van der Waals surface area contributed by atoms with Gasteiger partial charge in [-0.25, -0.2) is 4.39 Å². The van der Waals surface area contributed by atoms with Crippen molar-refractivity contribution in [1.29, 1.82) is 0 Å². The lowest BCUT2D eigenvalue weighted by Gasteiger charge is -2.34. The third-order valence-corrected chi connectivity index (χ3v) is 3.45. The summed E-state index contributed by atoms with van der Waals surface area (Å²) in [6, 6.07) is 4.79. The van der Waals surface area contributed by atoms with E-state index in [1.54, 1.807) is 12.1 Å². The van der Waals surface area contributed by atoms with Crippen LogP contribution in [0.15, 0.2) is 18.2 Å². The smallest absolute Gasteiger partial charge is 0.129 e. The van der Waals surface area contributed by atoms with Gasteiger partial charge in [-0.15, -0.1) is 0 Å². The zero-order valence-electron chi connectivity index (χ0n) is 10.9. The van der Waals surface area contributed by atoms with Crippen LogP contribution >= 0.6 is 0 Å². The van der Waals surface area contributed by atoms with Crippen molar-refractivity contribution in [3.05, 3.63) is 35.1 Å². The van der Waals surface area contributed by atoms with Crippen molar-refractivity contribution in [2.75, 3.05) is 26.2 Å². The molecule has 1 aliphatic rings. The highest BCUT2D eigenvalue weighted by atomic mass is 19.1. The molecule has 0 spiro atoms. The summed E-state index contributed by atoms with van der Waals surface area (Å²) in [5.41, 5.74) is 1.27. The Bertz CT molecular complexity index is 411. The number of halogens is 1. The molecule has 100 valence electrons. The molecule has 0 radical (unpaired) electrons. The summed E-state index contributed by atoms with van der Waals surface area (Å²) in [5.74, 6) is -0.370. The fraction of sp³-hybridized carbons (Fsp3) is 0.571. The minimum Gasteiger partial charge on any atom is -0.386 e. The monoisotopic (exact) mass is 253 g/mol. The van der Waals surface area contributed by atoms with Crippen LogP contribution in [0.2, 0.25) is 0 Å². The lowest BCUT2D eigenvalue weighted by Crippen LogP contribution is -2.45. The molecule has 2 unspecified atom stereocenters. The zero-order valence-corrected chi connectivity index (χ0v) is 10.9. The summed E-state index contributed by atoms with van der Waals surface area (Å²) in [5, 5.41) is 10.3. The Labute approximate surface area is 107 Å². The maximum Gasteiger partial charge on any atom is 0.129 e. The average Bonchev–Trinajstić information content (AvgIpc) is 2.41. The van der Waals surface area contributed by atoms with E-state index in [-0.39, 0.29) is 11.9 Å². The van der Waals surface area contributed by atoms with Crippen LogP contribution in [0.1, 0.15) is 24.2 Å². The molecule has 1 aromatic rings. The van der Waals surface area contributed by atoms with Crippen LogP contribution in [-0.4, -0.2) is 42.4 Å². The Kier molecular flexibility index (Phi) is 4.32. The first-order valence-corrected chi connectivity index (χ1v) is 6.40. The Morgan fingerprint density at radius 1 is 1.56 bits per heavy atom. The molecule has 0 saturated carbocycles. The van der Waals surface area contributed by atoms with E-state index in [4.69, 9.17) is 4.74 Å². The molecule has 1 N–H and O–H groups in total. The lowest BCUT2D eigenvalue weighted by atomic mass is 10.0. The molecule has 0 aromatic heterocycles. The molecule has 0 bridgehead atoms. The molecule has 4 heteroatoms. The first-order valence-electron chi connectivity index (χ1n) is 6.40. The molecule has 2 atom stereocenters. The van der Waals surface area contributed by atoms with Gasteiger partial charge in [-0.1, -0.05) is 24.6 Å². The zero-order chi connectivity index (χ0) is 13.1. The van der Waals surface area contributed by atoms with Gasteiger partial charge in [0.1, 0.15) is 18.0 Å². The van der Waals surface area contributed by atoms with E-state index in [9.17, 15) is 9.50 Å². The number of hydrogen-bond donors (Lipinski definition) is 1. The van der Waals surface area contributed by atoms with Gasteiger partial charge in [0.15, 0.2) is 0 Å². The summed E-state index contributed by atoms with van der Waals surface area (Å²) < 4.78 is 19.3. The van der Waals surface area contributed by atoms with Gasteiger partial charge in [0.2, 0.25) is 0 Å². The minimum absolute atomic E-state index is 0.331. The fourth-order valence-electron chi connectivity index (χ4n) is 2.30. The molecule has 1 aromatic carbocycles. The molecule has 3 nitrogen and oxygen atoms in total. The van der Waals surface area contributed by atoms with Gasteiger partial charge in [-0.2, -0.15) is 0 Å². The maximum atomic E-state index is 13.7. The van der Waals surface area contributed by atoms with Crippen molar-refractivity contribution >= 4 is 0 Å². The van der Waals surface area contributed by atoms with E-state index < -0.39 is 6.10 Å². The predicted molar refractivity (Wildman–Crippen MR) is 68.0 cm³/mol. The number of nitrogens with zero attached hydrogens (tertiary/aromatic N) is 1. The predicted octanol–water partition coefficient (Wildman–Crippen LogP) is 1.89. The van der Waals surface area contributed by atoms with Gasteiger partial charge in [0, 0.05) is 18.7 Å². The Balaban J connectivity index is 2.14. The Hall–Kier alpha value is -0.970. The third kappa shape index (κ3) is 2.88. The standard InChI is InChI=1S/C14H20FNO2/c1-3-16-6-7-18-13(9-16)14(17)11-8-10(2)4-5-12(11)15/h4-5,8,13-14,17H,3,6-7,9H2,1-2H3. The normalized spacial score (nSPS) is 23.0. The molecular weight excluding hydrogens is 233 g/mol. The quantitative estimate of drug-likeness (QED) is 0.893. The molecule has 1 heterocycles. The topological polar surface area (TPSA) is 32.7 Å². The number of likely N-dealkylation sites (N-methyl/N-ethyl adjacent to an activating group) is 1.